The Morgan fingerprint density at radius 3 is 2.55 bits per heavy atom. The van der Waals surface area contributed by atoms with E-state index in [0.717, 1.165) is 52.6 Å². The summed E-state index contributed by atoms with van der Waals surface area (Å²) >= 11 is 0. The summed E-state index contributed by atoms with van der Waals surface area (Å²) in [6.07, 6.45) is 1.20. The zero-order valence-electron chi connectivity index (χ0n) is 12.0. The molecule has 0 aliphatic carbocycles. The van der Waals surface area contributed by atoms with Gasteiger partial charge >= 0.3 is 0 Å². The maximum atomic E-state index is 5.39. The lowest BCUT2D eigenvalue weighted by molar-refractivity contribution is 0.122. The van der Waals surface area contributed by atoms with Crippen LogP contribution in [0.2, 0.25) is 0 Å². The molecule has 20 heavy (non-hydrogen) atoms. The fraction of sp³-hybridized carbons (Fsp3) is 0.625. The van der Waals surface area contributed by atoms with Crippen LogP contribution in [0.25, 0.3) is 0 Å². The zero-order chi connectivity index (χ0) is 13.6. The molecular weight excluding hydrogens is 252 g/mol. The van der Waals surface area contributed by atoms with E-state index in [1.807, 2.05) is 0 Å². The topological polar surface area (TPSA) is 33.7 Å². The van der Waals surface area contributed by atoms with Gasteiger partial charge in [-0.2, -0.15) is 0 Å². The van der Waals surface area contributed by atoms with Gasteiger partial charge in [-0.1, -0.05) is 12.1 Å². The highest BCUT2D eigenvalue weighted by Gasteiger charge is 2.14. The zero-order valence-corrected chi connectivity index (χ0v) is 12.0. The maximum Gasteiger partial charge on any atom is 0.0642 e. The Hall–Kier alpha value is -1.10. The lowest BCUT2D eigenvalue weighted by Gasteiger charge is -2.28. The Morgan fingerprint density at radius 2 is 1.85 bits per heavy atom. The maximum absolute atomic E-state index is 5.39. The molecule has 4 heteroatoms. The molecule has 110 valence electrons. The molecule has 2 aliphatic heterocycles. The Bertz CT molecular complexity index is 395. The molecule has 2 aliphatic rings. The monoisotopic (exact) mass is 276 g/mol. The predicted octanol–water partition coefficient (Wildman–Crippen LogP) is 1.65. The van der Waals surface area contributed by atoms with Crippen molar-refractivity contribution in [3.05, 3.63) is 29.8 Å². The average Bonchev–Trinajstić information content (AvgIpc) is 3.02. The highest BCUT2D eigenvalue weighted by atomic mass is 16.5. The van der Waals surface area contributed by atoms with Gasteiger partial charge in [0.2, 0.25) is 0 Å². The third-order valence-electron chi connectivity index (χ3n) is 4.10. The van der Waals surface area contributed by atoms with Gasteiger partial charge in [-0.25, -0.2) is 0 Å². The molecule has 1 unspecified atom stereocenters. The van der Waals surface area contributed by atoms with E-state index in [0.29, 0.717) is 5.92 Å². The van der Waals surface area contributed by atoms with Gasteiger partial charge in [-0.15, -0.1) is 0 Å². The summed E-state index contributed by atoms with van der Waals surface area (Å²) in [6.45, 7) is 7.53. The van der Waals surface area contributed by atoms with Crippen molar-refractivity contribution in [2.75, 3.05) is 51.0 Å². The van der Waals surface area contributed by atoms with Crippen LogP contribution < -0.4 is 10.2 Å². The van der Waals surface area contributed by atoms with Crippen LogP contribution in [0, 0.1) is 5.92 Å². The van der Waals surface area contributed by atoms with Gasteiger partial charge in [0, 0.05) is 38.5 Å². The first-order valence-electron chi connectivity index (χ1n) is 7.62. The van der Waals surface area contributed by atoms with Crippen molar-refractivity contribution in [2.24, 2.45) is 5.92 Å². The molecule has 0 saturated carbocycles. The summed E-state index contributed by atoms with van der Waals surface area (Å²) in [4.78, 5) is 2.39. The van der Waals surface area contributed by atoms with Crippen LogP contribution >= 0.6 is 0 Å². The van der Waals surface area contributed by atoms with E-state index in [4.69, 9.17) is 9.47 Å². The molecule has 2 fully saturated rings. The van der Waals surface area contributed by atoms with Crippen LogP contribution in [-0.4, -0.2) is 46.1 Å². The Morgan fingerprint density at radius 1 is 1.05 bits per heavy atom. The highest BCUT2D eigenvalue weighted by Crippen LogP contribution is 2.17. The second-order valence-electron chi connectivity index (χ2n) is 5.63. The molecule has 0 amide bonds. The number of benzene rings is 1. The van der Waals surface area contributed by atoms with Crippen molar-refractivity contribution >= 4 is 5.69 Å². The fourth-order valence-corrected chi connectivity index (χ4v) is 2.81. The van der Waals surface area contributed by atoms with E-state index in [1.54, 1.807) is 0 Å². The molecule has 2 heterocycles. The number of rotatable bonds is 5. The number of nitrogens with one attached hydrogen (secondary N) is 1. The van der Waals surface area contributed by atoms with Crippen molar-refractivity contribution in [2.45, 2.75) is 13.0 Å². The summed E-state index contributed by atoms with van der Waals surface area (Å²) < 4.78 is 10.8. The third-order valence-corrected chi connectivity index (χ3v) is 4.10. The molecule has 1 aromatic carbocycles. The molecule has 1 N–H and O–H groups in total. The number of anilines is 1. The molecule has 0 aromatic heterocycles. The van der Waals surface area contributed by atoms with Gasteiger partial charge in [-0.05, 0) is 30.0 Å². The van der Waals surface area contributed by atoms with Crippen molar-refractivity contribution < 1.29 is 9.47 Å². The summed E-state index contributed by atoms with van der Waals surface area (Å²) in [5.74, 6) is 0.697. The van der Waals surface area contributed by atoms with Crippen LogP contribution in [0.4, 0.5) is 5.69 Å². The van der Waals surface area contributed by atoms with Gasteiger partial charge in [0.25, 0.3) is 0 Å². The molecule has 1 atom stereocenters. The van der Waals surface area contributed by atoms with E-state index in [2.05, 4.69) is 34.5 Å². The van der Waals surface area contributed by atoms with E-state index < -0.39 is 0 Å². The first kappa shape index (κ1) is 13.9. The average molecular weight is 276 g/mol. The first-order chi connectivity index (χ1) is 9.92. The number of morpholine rings is 1. The summed E-state index contributed by atoms with van der Waals surface area (Å²) in [7, 11) is 0. The van der Waals surface area contributed by atoms with E-state index >= 15 is 0 Å². The van der Waals surface area contributed by atoms with Crippen LogP contribution in [0.3, 0.4) is 0 Å². The molecule has 4 nitrogen and oxygen atoms in total. The van der Waals surface area contributed by atoms with Gasteiger partial charge in [0.1, 0.15) is 0 Å². The predicted molar refractivity (Wildman–Crippen MR) is 80.1 cm³/mol. The second kappa shape index (κ2) is 7.07. The van der Waals surface area contributed by atoms with Gasteiger partial charge in [0.05, 0.1) is 19.8 Å². The molecule has 1 aromatic rings. The first-order valence-corrected chi connectivity index (χ1v) is 7.62. The third kappa shape index (κ3) is 3.72. The normalized spacial score (nSPS) is 23.2. The summed E-state index contributed by atoms with van der Waals surface area (Å²) in [5.41, 5.74) is 2.65. The SMILES string of the molecule is c1cc(N2CCOCC2)ccc1CNCC1CCOC1. The number of hydrogen-bond donors (Lipinski definition) is 1. The lowest BCUT2D eigenvalue weighted by atomic mass is 10.1. The minimum absolute atomic E-state index is 0.697. The van der Waals surface area contributed by atoms with Crippen molar-refractivity contribution in [1.82, 2.24) is 5.32 Å². The van der Waals surface area contributed by atoms with Crippen molar-refractivity contribution in [1.29, 1.82) is 0 Å². The van der Waals surface area contributed by atoms with Gasteiger partial charge < -0.3 is 19.7 Å². The summed E-state index contributed by atoms with van der Waals surface area (Å²) in [6, 6.07) is 8.90. The standard InChI is InChI=1S/C16H24N2O2/c1-3-16(18-6-9-19-10-7-18)4-2-14(1)11-17-12-15-5-8-20-13-15/h1-4,15,17H,5-13H2. The molecule has 2 saturated heterocycles. The van der Waals surface area contributed by atoms with Gasteiger partial charge in [0.15, 0.2) is 0 Å². The minimum Gasteiger partial charge on any atom is -0.381 e. The minimum atomic E-state index is 0.697. The quantitative estimate of drug-likeness (QED) is 0.886. The Labute approximate surface area is 121 Å². The molecular formula is C16H24N2O2. The van der Waals surface area contributed by atoms with E-state index in [-0.39, 0.29) is 0 Å². The van der Waals surface area contributed by atoms with Crippen LogP contribution in [-0.2, 0) is 16.0 Å². The Kier molecular flexibility index (Phi) is 4.90. The van der Waals surface area contributed by atoms with Gasteiger partial charge in [-0.3, -0.25) is 0 Å². The van der Waals surface area contributed by atoms with Crippen LogP contribution in [0.1, 0.15) is 12.0 Å². The largest absolute Gasteiger partial charge is 0.381 e. The van der Waals surface area contributed by atoms with Crippen LogP contribution in [0.15, 0.2) is 24.3 Å². The molecule has 0 bridgehead atoms. The van der Waals surface area contributed by atoms with Crippen LogP contribution in [0.5, 0.6) is 0 Å². The smallest absolute Gasteiger partial charge is 0.0642 e. The van der Waals surface area contributed by atoms with E-state index in [9.17, 15) is 0 Å². The number of nitrogens with zero attached hydrogens (tertiary/aromatic N) is 1. The van der Waals surface area contributed by atoms with Crippen molar-refractivity contribution in [3.8, 4) is 0 Å². The molecule has 0 spiro atoms. The second-order valence-corrected chi connectivity index (χ2v) is 5.63. The number of hydrogen-bond acceptors (Lipinski definition) is 4. The number of ether oxygens (including phenoxy) is 2. The Balaban J connectivity index is 1.45. The fourth-order valence-electron chi connectivity index (χ4n) is 2.81. The van der Waals surface area contributed by atoms with Crippen molar-refractivity contribution in [3.63, 3.8) is 0 Å². The summed E-state index contributed by atoms with van der Waals surface area (Å²) in [5, 5.41) is 3.53. The molecule has 0 radical (unpaired) electrons. The molecule has 3 rings (SSSR count). The highest BCUT2D eigenvalue weighted by molar-refractivity contribution is 5.47. The lowest BCUT2D eigenvalue weighted by Crippen LogP contribution is -2.36. The van der Waals surface area contributed by atoms with E-state index in [1.165, 1.54) is 17.7 Å².